The van der Waals surface area contributed by atoms with E-state index in [2.05, 4.69) is 17.0 Å². The standard InChI is InChI=1S/C19H21NO4/c1-20-9-13(21)16-15-12(20)8-10-6-4-5-7-11(10)14(15)18(23-2)19(24-3)17(16)22/h4-7,12-13,21-22H,8-9H2,1-3H3. The molecule has 2 atom stereocenters. The Bertz CT molecular complexity index is 817. The molecule has 5 nitrogen and oxygen atoms in total. The number of phenols is 1. The van der Waals surface area contributed by atoms with Crippen LogP contribution in [0.5, 0.6) is 17.2 Å². The fourth-order valence-electron chi connectivity index (χ4n) is 4.18. The largest absolute Gasteiger partial charge is 0.504 e. The van der Waals surface area contributed by atoms with E-state index >= 15 is 0 Å². The number of nitrogens with zero attached hydrogens (tertiary/aromatic N) is 1. The molecule has 0 fully saturated rings. The second-order valence-corrected chi connectivity index (χ2v) is 6.45. The average Bonchev–Trinajstić information content (AvgIpc) is 2.58. The Morgan fingerprint density at radius 1 is 1.08 bits per heavy atom. The summed E-state index contributed by atoms with van der Waals surface area (Å²) in [6.45, 7) is 0.475. The first-order valence-corrected chi connectivity index (χ1v) is 8.05. The summed E-state index contributed by atoms with van der Waals surface area (Å²) in [6.07, 6.45) is 0.0824. The van der Waals surface area contributed by atoms with Crippen LogP contribution in [0.15, 0.2) is 24.3 Å². The number of β-amino-alcohol motifs (C(OH)–C–C–N with tert-alkyl or cyclic N) is 1. The van der Waals surface area contributed by atoms with E-state index in [1.165, 1.54) is 12.7 Å². The van der Waals surface area contributed by atoms with Gasteiger partial charge in [0.1, 0.15) is 0 Å². The van der Waals surface area contributed by atoms with Crippen LogP contribution < -0.4 is 9.47 Å². The van der Waals surface area contributed by atoms with E-state index in [1.807, 2.05) is 19.2 Å². The topological polar surface area (TPSA) is 62.2 Å². The van der Waals surface area contributed by atoms with E-state index in [0.29, 0.717) is 17.9 Å². The van der Waals surface area contributed by atoms with Gasteiger partial charge >= 0.3 is 0 Å². The minimum Gasteiger partial charge on any atom is -0.504 e. The molecule has 0 saturated carbocycles. The number of aliphatic hydroxyl groups is 1. The van der Waals surface area contributed by atoms with Crippen molar-refractivity contribution < 1.29 is 19.7 Å². The number of benzene rings is 2. The predicted molar refractivity (Wildman–Crippen MR) is 90.7 cm³/mol. The van der Waals surface area contributed by atoms with Crippen LogP contribution in [0, 0.1) is 0 Å². The van der Waals surface area contributed by atoms with Gasteiger partial charge in [-0.1, -0.05) is 24.3 Å². The molecule has 2 N–H and O–H groups in total. The summed E-state index contributed by atoms with van der Waals surface area (Å²) in [4.78, 5) is 2.14. The number of aliphatic hydroxyl groups excluding tert-OH is 1. The number of phenolic OH excluding ortho intramolecular Hbond substituents is 1. The SMILES string of the molecule is COc1c(O)c2c3c(c1OC)-c1ccccc1CC3N(C)CC2O. The zero-order valence-electron chi connectivity index (χ0n) is 14.0. The zero-order chi connectivity index (χ0) is 17.0. The molecule has 0 bridgehead atoms. The van der Waals surface area contributed by atoms with Gasteiger partial charge in [0.15, 0.2) is 11.5 Å². The van der Waals surface area contributed by atoms with Gasteiger partial charge in [-0.3, -0.25) is 4.90 Å². The highest BCUT2D eigenvalue weighted by Crippen LogP contribution is 2.57. The van der Waals surface area contributed by atoms with Gasteiger partial charge in [0, 0.05) is 23.7 Å². The number of likely N-dealkylation sites (N-methyl/N-ethyl adjacent to an activating group) is 1. The number of ether oxygens (including phenoxy) is 2. The van der Waals surface area contributed by atoms with Gasteiger partial charge in [0.25, 0.3) is 0 Å². The Morgan fingerprint density at radius 2 is 1.79 bits per heavy atom. The van der Waals surface area contributed by atoms with Gasteiger partial charge in [0.05, 0.1) is 20.3 Å². The van der Waals surface area contributed by atoms with Crippen molar-refractivity contribution in [3.63, 3.8) is 0 Å². The molecule has 0 radical (unpaired) electrons. The normalized spacial score (nSPS) is 21.8. The Balaban J connectivity index is 2.16. The molecule has 0 amide bonds. The number of aromatic hydroxyl groups is 1. The van der Waals surface area contributed by atoms with Crippen LogP contribution in [0.3, 0.4) is 0 Å². The van der Waals surface area contributed by atoms with E-state index in [0.717, 1.165) is 23.1 Å². The molecular weight excluding hydrogens is 306 g/mol. The predicted octanol–water partition coefficient (Wildman–Crippen LogP) is 2.65. The molecule has 4 rings (SSSR count). The van der Waals surface area contributed by atoms with E-state index in [-0.39, 0.29) is 17.5 Å². The van der Waals surface area contributed by atoms with Gasteiger partial charge in [-0.15, -0.1) is 0 Å². The number of hydrogen-bond donors (Lipinski definition) is 2. The molecule has 0 spiro atoms. The van der Waals surface area contributed by atoms with Crippen molar-refractivity contribution in [2.75, 3.05) is 27.8 Å². The number of methoxy groups -OCH3 is 2. The number of hydrogen-bond acceptors (Lipinski definition) is 5. The third-order valence-corrected chi connectivity index (χ3v) is 5.23. The van der Waals surface area contributed by atoms with Crippen molar-refractivity contribution in [2.45, 2.75) is 18.6 Å². The van der Waals surface area contributed by atoms with Crippen molar-refractivity contribution in [3.05, 3.63) is 41.0 Å². The average molecular weight is 327 g/mol. The van der Waals surface area contributed by atoms with Crippen molar-refractivity contribution in [1.29, 1.82) is 0 Å². The Morgan fingerprint density at radius 3 is 2.50 bits per heavy atom. The minimum atomic E-state index is -0.759. The smallest absolute Gasteiger partial charge is 0.204 e. The lowest BCUT2D eigenvalue weighted by molar-refractivity contribution is 0.0801. The maximum atomic E-state index is 10.7. The molecule has 1 aliphatic carbocycles. The van der Waals surface area contributed by atoms with Crippen LogP contribution in [0.2, 0.25) is 0 Å². The molecule has 5 heteroatoms. The number of rotatable bonds is 2. The van der Waals surface area contributed by atoms with Crippen molar-refractivity contribution in [3.8, 4) is 28.4 Å². The highest BCUT2D eigenvalue weighted by molar-refractivity contribution is 5.86. The molecule has 0 aromatic heterocycles. The van der Waals surface area contributed by atoms with Gasteiger partial charge < -0.3 is 19.7 Å². The zero-order valence-corrected chi connectivity index (χ0v) is 14.0. The molecule has 2 unspecified atom stereocenters. The third kappa shape index (κ3) is 1.88. The summed E-state index contributed by atoms with van der Waals surface area (Å²) >= 11 is 0. The molecule has 126 valence electrons. The molecule has 2 aromatic carbocycles. The molecule has 1 heterocycles. The van der Waals surface area contributed by atoms with Crippen LogP contribution in [0.1, 0.15) is 28.8 Å². The van der Waals surface area contributed by atoms with Gasteiger partial charge in [-0.2, -0.15) is 0 Å². The summed E-state index contributed by atoms with van der Waals surface area (Å²) in [5, 5.41) is 21.3. The van der Waals surface area contributed by atoms with E-state index in [1.54, 1.807) is 7.11 Å². The van der Waals surface area contributed by atoms with E-state index < -0.39 is 6.10 Å². The summed E-state index contributed by atoms with van der Waals surface area (Å²) < 4.78 is 11.1. The highest BCUT2D eigenvalue weighted by atomic mass is 16.5. The van der Waals surface area contributed by atoms with E-state index in [9.17, 15) is 10.2 Å². The first kappa shape index (κ1) is 15.3. The molecule has 2 aliphatic rings. The van der Waals surface area contributed by atoms with E-state index in [4.69, 9.17) is 9.47 Å². The van der Waals surface area contributed by atoms with Gasteiger partial charge in [-0.25, -0.2) is 0 Å². The highest BCUT2D eigenvalue weighted by Gasteiger charge is 2.41. The van der Waals surface area contributed by atoms with Crippen LogP contribution in [-0.2, 0) is 6.42 Å². The Labute approximate surface area is 141 Å². The minimum absolute atomic E-state index is 0.0157. The van der Waals surface area contributed by atoms with Gasteiger partial charge in [0.2, 0.25) is 5.75 Å². The molecule has 2 aromatic rings. The third-order valence-electron chi connectivity index (χ3n) is 5.23. The lowest BCUT2D eigenvalue weighted by Gasteiger charge is -2.42. The van der Waals surface area contributed by atoms with Crippen LogP contribution in [-0.4, -0.2) is 42.9 Å². The Kier molecular flexibility index (Phi) is 3.44. The Hall–Kier alpha value is -2.24. The monoisotopic (exact) mass is 327 g/mol. The summed E-state index contributed by atoms with van der Waals surface area (Å²) in [6, 6.07) is 8.30. The number of fused-ring (bicyclic) bond motifs is 2. The molecule has 0 saturated heterocycles. The quantitative estimate of drug-likeness (QED) is 0.888. The first-order valence-electron chi connectivity index (χ1n) is 8.05. The van der Waals surface area contributed by atoms with Crippen LogP contribution in [0.25, 0.3) is 11.1 Å². The molecule has 24 heavy (non-hydrogen) atoms. The first-order chi connectivity index (χ1) is 11.6. The molecular formula is C19H21NO4. The fraction of sp³-hybridized carbons (Fsp3) is 0.368. The summed E-state index contributed by atoms with van der Waals surface area (Å²) in [5.41, 5.74) is 4.74. The lowest BCUT2D eigenvalue weighted by Crippen LogP contribution is -2.38. The van der Waals surface area contributed by atoms with Crippen molar-refractivity contribution in [2.24, 2.45) is 0 Å². The second-order valence-electron chi connectivity index (χ2n) is 6.45. The van der Waals surface area contributed by atoms with Crippen LogP contribution >= 0.6 is 0 Å². The second kappa shape index (κ2) is 5.40. The maximum absolute atomic E-state index is 10.7. The maximum Gasteiger partial charge on any atom is 0.204 e. The van der Waals surface area contributed by atoms with Gasteiger partial charge in [-0.05, 0) is 30.2 Å². The van der Waals surface area contributed by atoms with Crippen molar-refractivity contribution >= 4 is 0 Å². The van der Waals surface area contributed by atoms with Crippen molar-refractivity contribution in [1.82, 2.24) is 4.90 Å². The molecule has 1 aliphatic heterocycles. The summed E-state index contributed by atoms with van der Waals surface area (Å²) in [7, 11) is 5.09. The fourth-order valence-corrected chi connectivity index (χ4v) is 4.18. The lowest BCUT2D eigenvalue weighted by atomic mass is 9.75. The van der Waals surface area contributed by atoms with Crippen LogP contribution in [0.4, 0.5) is 0 Å². The summed E-state index contributed by atoms with van der Waals surface area (Å²) in [5.74, 6) is 0.789.